The zero-order valence-corrected chi connectivity index (χ0v) is 15.5. The smallest absolute Gasteiger partial charge is 0.246 e. The number of piperidine rings is 1. The average molecular weight is 367 g/mol. The van der Waals surface area contributed by atoms with E-state index in [2.05, 4.69) is 45.4 Å². The van der Waals surface area contributed by atoms with Crippen molar-refractivity contribution in [3.63, 3.8) is 0 Å². The van der Waals surface area contributed by atoms with E-state index in [1.54, 1.807) is 11.0 Å². The molecule has 2 N–H and O–H groups in total. The van der Waals surface area contributed by atoms with Crippen LogP contribution in [-0.2, 0) is 0 Å². The average Bonchev–Trinajstić information content (AvgIpc) is 3.17. The van der Waals surface area contributed by atoms with Crippen molar-refractivity contribution < 1.29 is 7.96 Å². The molecule has 1 atom stereocenters. The van der Waals surface area contributed by atoms with Crippen molar-refractivity contribution in [1.29, 1.82) is 0 Å². The molecule has 0 saturated carbocycles. The van der Waals surface area contributed by atoms with Gasteiger partial charge in [-0.25, -0.2) is 4.68 Å². The van der Waals surface area contributed by atoms with E-state index >= 15 is 0 Å². The Balaban J connectivity index is 0.00000150. The fourth-order valence-electron chi connectivity index (χ4n) is 3.62. The maximum atomic E-state index is 9.50. The van der Waals surface area contributed by atoms with Crippen LogP contribution < -0.4 is 10.2 Å². The van der Waals surface area contributed by atoms with Crippen LogP contribution >= 0.6 is 0 Å². The number of hydrogen-bond donors (Lipinski definition) is 2. The first kappa shape index (κ1) is 17.5. The molecule has 1 saturated heterocycles. The Morgan fingerprint density at radius 1 is 1.19 bits per heavy atom. The van der Waals surface area contributed by atoms with Crippen LogP contribution in [0.25, 0.3) is 5.69 Å². The SMILES string of the molecule is Cc1cc(Nc2ncn(-c3ccccc3)n2)cc(N2CCCC(CO)C2)c1.[HH].[HH]. The highest BCUT2D eigenvalue weighted by Crippen LogP contribution is 2.28. The van der Waals surface area contributed by atoms with Crippen molar-refractivity contribution >= 4 is 17.3 Å². The van der Waals surface area contributed by atoms with Crippen LogP contribution in [0, 0.1) is 12.8 Å². The minimum absolute atomic E-state index is 0. The van der Waals surface area contributed by atoms with Crippen LogP contribution in [0.2, 0.25) is 0 Å². The molecule has 6 heteroatoms. The van der Waals surface area contributed by atoms with Crippen LogP contribution in [-0.4, -0.2) is 39.6 Å². The summed E-state index contributed by atoms with van der Waals surface area (Å²) in [6.45, 7) is 4.28. The minimum Gasteiger partial charge on any atom is -0.396 e. The molecule has 0 radical (unpaired) electrons. The summed E-state index contributed by atoms with van der Waals surface area (Å²) in [4.78, 5) is 6.74. The monoisotopic (exact) mass is 367 g/mol. The number of nitrogens with one attached hydrogen (secondary N) is 1. The molecule has 3 aromatic rings. The van der Waals surface area contributed by atoms with E-state index in [9.17, 15) is 5.11 Å². The summed E-state index contributed by atoms with van der Waals surface area (Å²) >= 11 is 0. The molecular weight excluding hydrogens is 338 g/mol. The normalized spacial score (nSPS) is 17.1. The van der Waals surface area contributed by atoms with Crippen molar-refractivity contribution in [2.24, 2.45) is 5.92 Å². The van der Waals surface area contributed by atoms with Gasteiger partial charge in [-0.1, -0.05) is 18.2 Å². The zero-order chi connectivity index (χ0) is 18.6. The highest BCUT2D eigenvalue weighted by molar-refractivity contribution is 5.64. The maximum absolute atomic E-state index is 9.50. The first-order chi connectivity index (χ1) is 13.2. The second-order valence-corrected chi connectivity index (χ2v) is 7.17. The lowest BCUT2D eigenvalue weighted by molar-refractivity contribution is 0.209. The van der Waals surface area contributed by atoms with Gasteiger partial charge in [-0.05, 0) is 61.6 Å². The Hall–Kier alpha value is -2.86. The number of benzene rings is 2. The lowest BCUT2D eigenvalue weighted by Crippen LogP contribution is -2.36. The molecule has 2 heterocycles. The summed E-state index contributed by atoms with van der Waals surface area (Å²) in [6, 6.07) is 16.4. The number of anilines is 3. The quantitative estimate of drug-likeness (QED) is 0.713. The van der Waals surface area contributed by atoms with Gasteiger partial charge in [0.1, 0.15) is 6.33 Å². The summed E-state index contributed by atoms with van der Waals surface area (Å²) in [6.07, 6.45) is 3.93. The lowest BCUT2D eigenvalue weighted by Gasteiger charge is -2.34. The van der Waals surface area contributed by atoms with Crippen molar-refractivity contribution in [3.8, 4) is 5.69 Å². The maximum Gasteiger partial charge on any atom is 0.246 e. The van der Waals surface area contributed by atoms with Gasteiger partial charge in [0.15, 0.2) is 0 Å². The van der Waals surface area contributed by atoms with Gasteiger partial charge in [-0.2, -0.15) is 4.98 Å². The predicted octanol–water partition coefficient (Wildman–Crippen LogP) is 4.02. The van der Waals surface area contributed by atoms with Crippen molar-refractivity contribution in [1.82, 2.24) is 14.8 Å². The van der Waals surface area contributed by atoms with Gasteiger partial charge in [-0.3, -0.25) is 0 Å². The van der Waals surface area contributed by atoms with Crippen LogP contribution in [0.4, 0.5) is 17.3 Å². The molecule has 1 unspecified atom stereocenters. The zero-order valence-electron chi connectivity index (χ0n) is 15.5. The molecule has 4 rings (SSSR count). The Kier molecular flexibility index (Phi) is 5.07. The molecule has 1 aromatic heterocycles. The number of rotatable bonds is 5. The van der Waals surface area contributed by atoms with Gasteiger partial charge in [0.25, 0.3) is 0 Å². The Morgan fingerprint density at radius 3 is 2.85 bits per heavy atom. The topological polar surface area (TPSA) is 66.2 Å². The Bertz CT molecular complexity index is 903. The van der Waals surface area contributed by atoms with Crippen molar-refractivity contribution in [2.45, 2.75) is 19.8 Å². The standard InChI is InChI=1S/C21H25N5O.2H2/c1-16-10-18(12-20(11-16)25-9-5-6-17(13-25)14-27)23-21-22-15-26(24-21)19-7-3-2-4-8-19;;/h2-4,7-8,10-12,15,17,27H,5-6,9,13-14H2,1H3,(H,23,24);2*1H. The number of nitrogens with zero attached hydrogens (tertiary/aromatic N) is 4. The fraction of sp³-hybridized carbons (Fsp3) is 0.333. The van der Waals surface area contributed by atoms with E-state index in [-0.39, 0.29) is 9.46 Å². The number of aromatic nitrogens is 3. The van der Waals surface area contributed by atoms with Crippen LogP contribution in [0.1, 0.15) is 21.3 Å². The van der Waals surface area contributed by atoms with E-state index in [1.165, 1.54) is 11.3 Å². The van der Waals surface area contributed by atoms with E-state index in [4.69, 9.17) is 0 Å². The fourth-order valence-corrected chi connectivity index (χ4v) is 3.62. The molecule has 1 fully saturated rings. The first-order valence-corrected chi connectivity index (χ1v) is 9.43. The van der Waals surface area contributed by atoms with Gasteiger partial charge in [0, 0.05) is 33.9 Å². The summed E-state index contributed by atoms with van der Waals surface area (Å²) in [5, 5.41) is 17.3. The van der Waals surface area contributed by atoms with Crippen molar-refractivity contribution in [2.75, 3.05) is 29.9 Å². The second-order valence-electron chi connectivity index (χ2n) is 7.17. The highest BCUT2D eigenvalue weighted by Gasteiger charge is 2.20. The van der Waals surface area contributed by atoms with E-state index < -0.39 is 0 Å². The summed E-state index contributed by atoms with van der Waals surface area (Å²) in [5.41, 5.74) is 4.31. The molecule has 6 nitrogen and oxygen atoms in total. The van der Waals surface area contributed by atoms with Gasteiger partial charge in [-0.15, -0.1) is 5.10 Å². The van der Waals surface area contributed by atoms with Gasteiger partial charge >= 0.3 is 0 Å². The van der Waals surface area contributed by atoms with Gasteiger partial charge < -0.3 is 15.3 Å². The Morgan fingerprint density at radius 2 is 2.04 bits per heavy atom. The van der Waals surface area contributed by atoms with Crippen LogP contribution in [0.3, 0.4) is 0 Å². The molecule has 1 aliphatic heterocycles. The summed E-state index contributed by atoms with van der Waals surface area (Å²) < 4.78 is 1.76. The number of aryl methyl sites for hydroxylation is 1. The van der Waals surface area contributed by atoms with Crippen LogP contribution in [0.15, 0.2) is 54.9 Å². The largest absolute Gasteiger partial charge is 0.396 e. The van der Waals surface area contributed by atoms with E-state index in [1.807, 2.05) is 30.3 Å². The number of hydrogen-bond acceptors (Lipinski definition) is 5. The summed E-state index contributed by atoms with van der Waals surface area (Å²) in [7, 11) is 0. The molecule has 2 aromatic carbocycles. The number of aliphatic hydroxyl groups is 1. The third-order valence-electron chi connectivity index (χ3n) is 4.97. The molecule has 144 valence electrons. The molecule has 27 heavy (non-hydrogen) atoms. The van der Waals surface area contributed by atoms with Crippen molar-refractivity contribution in [3.05, 3.63) is 60.4 Å². The minimum atomic E-state index is 0. The molecular formula is C21H29N5O. The molecule has 0 bridgehead atoms. The third kappa shape index (κ3) is 4.11. The lowest BCUT2D eigenvalue weighted by atomic mass is 9.98. The molecule has 0 amide bonds. The third-order valence-corrected chi connectivity index (χ3v) is 4.97. The van der Waals surface area contributed by atoms with E-state index in [0.29, 0.717) is 11.9 Å². The first-order valence-electron chi connectivity index (χ1n) is 9.43. The molecule has 0 aliphatic carbocycles. The van der Waals surface area contributed by atoms with Gasteiger partial charge in [0.05, 0.1) is 5.69 Å². The second kappa shape index (κ2) is 7.80. The van der Waals surface area contributed by atoms with Gasteiger partial charge in [0.2, 0.25) is 5.95 Å². The Labute approximate surface area is 162 Å². The van der Waals surface area contributed by atoms with E-state index in [0.717, 1.165) is 37.3 Å². The summed E-state index contributed by atoms with van der Waals surface area (Å²) in [5.74, 6) is 0.932. The number of aliphatic hydroxyl groups excluding tert-OH is 1. The predicted molar refractivity (Wildman–Crippen MR) is 112 cm³/mol. The molecule has 1 aliphatic rings. The highest BCUT2D eigenvalue weighted by atomic mass is 16.3. The molecule has 0 spiro atoms. The van der Waals surface area contributed by atoms with Crippen LogP contribution in [0.5, 0.6) is 0 Å². The number of para-hydroxylation sites is 1.